The van der Waals surface area contributed by atoms with Crippen molar-refractivity contribution >= 4 is 23.0 Å². The lowest BCUT2D eigenvalue weighted by atomic mass is 9.82. The Labute approximate surface area is 85.6 Å². The molecule has 2 N–H and O–H groups in total. The average Bonchev–Trinajstić information content (AvgIpc) is 2.08. The smallest absolute Gasteiger partial charge is 0.456 e. The van der Waals surface area contributed by atoms with Crippen LogP contribution in [-0.4, -0.2) is 24.3 Å². The van der Waals surface area contributed by atoms with E-state index in [1.165, 1.54) is 0 Å². The predicted octanol–water partition coefficient (Wildman–Crippen LogP) is 1.01. The van der Waals surface area contributed by atoms with Gasteiger partial charge in [-0.25, -0.2) is 0 Å². The van der Waals surface area contributed by atoms with Crippen LogP contribution in [0, 0.1) is 0 Å². The fourth-order valence-corrected chi connectivity index (χ4v) is 1.44. The Morgan fingerprint density at radius 3 is 2.69 bits per heavy atom. The molecule has 13 heavy (non-hydrogen) atoms. The monoisotopic (exact) mass is 244 g/mol. The Morgan fingerprint density at radius 1 is 1.46 bits per heavy atom. The van der Waals surface area contributed by atoms with Gasteiger partial charge in [0.2, 0.25) is 0 Å². The number of hydrogen-bond donors (Lipinski definition) is 2. The summed E-state index contributed by atoms with van der Waals surface area (Å²) >= 11 is 3.31. The van der Waals surface area contributed by atoms with Gasteiger partial charge in [-0.1, -0.05) is 15.9 Å². The molecular formula is C8H10BBrO3. The summed E-state index contributed by atoms with van der Waals surface area (Å²) in [5.41, 5.74) is 0.814. The summed E-state index contributed by atoms with van der Waals surface area (Å²) in [7, 11) is 0.242. The molecule has 0 atom stereocenters. The normalized spacial score (nSPS) is 9.85. The highest BCUT2D eigenvalue weighted by Crippen LogP contribution is 2.22. The molecule has 0 aliphatic carbocycles. The van der Waals surface area contributed by atoms with E-state index in [1.54, 1.807) is 19.2 Å². The number of benzene rings is 1. The van der Waals surface area contributed by atoms with Crippen molar-refractivity contribution in [2.24, 2.45) is 0 Å². The van der Waals surface area contributed by atoms with Crippen molar-refractivity contribution in [2.75, 3.05) is 7.11 Å². The largest absolute Gasteiger partial charge is 0.497 e. The van der Waals surface area contributed by atoms with E-state index in [1.807, 2.05) is 6.07 Å². The van der Waals surface area contributed by atoms with Crippen LogP contribution >= 0.6 is 15.9 Å². The third kappa shape index (κ3) is 3.02. The third-order valence-corrected chi connectivity index (χ3v) is 2.43. The van der Waals surface area contributed by atoms with E-state index in [0.29, 0.717) is 5.75 Å². The quantitative estimate of drug-likeness (QED) is 0.781. The second-order valence-corrected chi connectivity index (χ2v) is 3.50. The van der Waals surface area contributed by atoms with Crippen LogP contribution in [0.1, 0.15) is 5.56 Å². The lowest BCUT2D eigenvalue weighted by molar-refractivity contribution is 0.403. The Bertz CT molecular complexity index is 291. The van der Waals surface area contributed by atoms with Gasteiger partial charge in [0.15, 0.2) is 0 Å². The van der Waals surface area contributed by atoms with Crippen molar-refractivity contribution in [3.8, 4) is 5.75 Å². The highest BCUT2D eigenvalue weighted by molar-refractivity contribution is 9.10. The summed E-state index contributed by atoms with van der Waals surface area (Å²) in [4.78, 5) is 0. The standard InChI is InChI=1S/C8H10BBrO3/c1-13-7-2-3-8(10)6(4-7)5-9(11)12/h2-4,11-12H,5H2,1H3. The highest BCUT2D eigenvalue weighted by atomic mass is 79.9. The molecule has 0 radical (unpaired) electrons. The summed E-state index contributed by atoms with van der Waals surface area (Å²) in [6, 6.07) is 5.39. The molecule has 0 aliphatic rings. The van der Waals surface area contributed by atoms with Gasteiger partial charge in [0.1, 0.15) is 5.75 Å². The first-order valence-electron chi connectivity index (χ1n) is 3.82. The Balaban J connectivity index is 2.90. The number of methoxy groups -OCH3 is 1. The van der Waals surface area contributed by atoms with Crippen LogP contribution in [0.25, 0.3) is 0 Å². The molecule has 0 amide bonds. The van der Waals surface area contributed by atoms with Crippen molar-refractivity contribution in [1.29, 1.82) is 0 Å². The van der Waals surface area contributed by atoms with E-state index in [0.717, 1.165) is 10.0 Å². The van der Waals surface area contributed by atoms with E-state index >= 15 is 0 Å². The molecule has 70 valence electrons. The Hall–Kier alpha value is -0.515. The minimum atomic E-state index is -1.33. The summed E-state index contributed by atoms with van der Waals surface area (Å²) in [6.07, 6.45) is 0.192. The van der Waals surface area contributed by atoms with Crippen LogP contribution in [0.2, 0.25) is 0 Å². The molecule has 0 unspecified atom stereocenters. The van der Waals surface area contributed by atoms with E-state index in [-0.39, 0.29) is 6.32 Å². The molecule has 0 bridgehead atoms. The van der Waals surface area contributed by atoms with Gasteiger partial charge in [-0.3, -0.25) is 0 Å². The summed E-state index contributed by atoms with van der Waals surface area (Å²) in [6.45, 7) is 0. The van der Waals surface area contributed by atoms with E-state index < -0.39 is 7.12 Å². The number of halogens is 1. The predicted molar refractivity (Wildman–Crippen MR) is 54.6 cm³/mol. The van der Waals surface area contributed by atoms with Gasteiger partial charge in [-0.2, -0.15) is 0 Å². The zero-order valence-corrected chi connectivity index (χ0v) is 8.78. The second-order valence-electron chi connectivity index (χ2n) is 2.64. The lowest BCUT2D eigenvalue weighted by Crippen LogP contribution is -2.15. The van der Waals surface area contributed by atoms with Crippen molar-refractivity contribution in [1.82, 2.24) is 0 Å². The van der Waals surface area contributed by atoms with Crippen LogP contribution in [0.4, 0.5) is 0 Å². The highest BCUT2D eigenvalue weighted by Gasteiger charge is 2.11. The molecule has 0 fully saturated rings. The van der Waals surface area contributed by atoms with Gasteiger partial charge in [-0.05, 0) is 23.8 Å². The summed E-state index contributed by atoms with van der Waals surface area (Å²) in [5, 5.41) is 17.6. The van der Waals surface area contributed by atoms with E-state index in [2.05, 4.69) is 15.9 Å². The van der Waals surface area contributed by atoms with E-state index in [9.17, 15) is 0 Å². The first-order valence-corrected chi connectivity index (χ1v) is 4.61. The molecule has 5 heteroatoms. The molecule has 1 aromatic rings. The average molecular weight is 245 g/mol. The minimum absolute atomic E-state index is 0.192. The number of ether oxygens (including phenoxy) is 1. The van der Waals surface area contributed by atoms with Crippen LogP contribution in [0.5, 0.6) is 5.75 Å². The first kappa shape index (κ1) is 10.6. The minimum Gasteiger partial charge on any atom is -0.497 e. The molecule has 0 spiro atoms. The number of rotatable bonds is 3. The fourth-order valence-electron chi connectivity index (χ4n) is 1.03. The number of hydrogen-bond acceptors (Lipinski definition) is 3. The topological polar surface area (TPSA) is 49.7 Å². The zero-order valence-electron chi connectivity index (χ0n) is 7.20. The molecule has 3 nitrogen and oxygen atoms in total. The SMILES string of the molecule is COc1ccc(Br)c(CB(O)O)c1. The van der Waals surface area contributed by atoms with E-state index in [4.69, 9.17) is 14.8 Å². The van der Waals surface area contributed by atoms with Crippen LogP contribution < -0.4 is 4.74 Å². The zero-order chi connectivity index (χ0) is 9.84. The summed E-state index contributed by atoms with van der Waals surface area (Å²) in [5.74, 6) is 0.707. The summed E-state index contributed by atoms with van der Waals surface area (Å²) < 4.78 is 5.86. The maximum Gasteiger partial charge on any atom is 0.456 e. The Morgan fingerprint density at radius 2 is 2.15 bits per heavy atom. The molecule has 0 aromatic heterocycles. The van der Waals surface area contributed by atoms with Crippen LogP contribution in [-0.2, 0) is 6.32 Å². The maximum atomic E-state index is 8.79. The van der Waals surface area contributed by atoms with Gasteiger partial charge in [0.25, 0.3) is 0 Å². The van der Waals surface area contributed by atoms with Gasteiger partial charge in [0, 0.05) is 10.8 Å². The fraction of sp³-hybridized carbons (Fsp3) is 0.250. The van der Waals surface area contributed by atoms with Crippen molar-refractivity contribution in [2.45, 2.75) is 6.32 Å². The van der Waals surface area contributed by atoms with Crippen molar-refractivity contribution in [3.05, 3.63) is 28.2 Å². The molecule has 0 saturated heterocycles. The molecule has 0 aliphatic heterocycles. The third-order valence-electron chi connectivity index (χ3n) is 1.66. The van der Waals surface area contributed by atoms with Gasteiger partial charge in [-0.15, -0.1) is 0 Å². The van der Waals surface area contributed by atoms with Gasteiger partial charge >= 0.3 is 7.12 Å². The molecule has 0 heterocycles. The van der Waals surface area contributed by atoms with Gasteiger partial charge < -0.3 is 14.8 Å². The van der Waals surface area contributed by atoms with Crippen molar-refractivity contribution < 1.29 is 14.8 Å². The molecule has 1 aromatic carbocycles. The molecular weight excluding hydrogens is 235 g/mol. The second kappa shape index (κ2) is 4.65. The molecule has 0 saturated carbocycles. The van der Waals surface area contributed by atoms with Crippen molar-refractivity contribution in [3.63, 3.8) is 0 Å². The first-order chi connectivity index (χ1) is 6.13. The van der Waals surface area contributed by atoms with Crippen LogP contribution in [0.3, 0.4) is 0 Å². The van der Waals surface area contributed by atoms with Gasteiger partial charge in [0.05, 0.1) is 7.11 Å². The molecule has 1 rings (SSSR count). The maximum absolute atomic E-state index is 8.79. The lowest BCUT2D eigenvalue weighted by Gasteiger charge is -2.06. The Kier molecular flexibility index (Phi) is 3.78. The van der Waals surface area contributed by atoms with Crippen LogP contribution in [0.15, 0.2) is 22.7 Å².